The van der Waals surface area contributed by atoms with E-state index in [-0.39, 0.29) is 17.2 Å². The molecule has 1 aromatic carbocycles. The Bertz CT molecular complexity index is 1390. The van der Waals surface area contributed by atoms with Crippen molar-refractivity contribution in [1.29, 1.82) is 0 Å². The molecule has 0 atom stereocenters. The van der Waals surface area contributed by atoms with Gasteiger partial charge in [0.1, 0.15) is 11.6 Å². The molecule has 11 heteroatoms. The van der Waals surface area contributed by atoms with Crippen molar-refractivity contribution in [2.45, 2.75) is 40.2 Å². The van der Waals surface area contributed by atoms with Gasteiger partial charge in [-0.15, -0.1) is 0 Å². The Balaban J connectivity index is 1.52. The predicted molar refractivity (Wildman–Crippen MR) is 130 cm³/mol. The Kier molecular flexibility index (Phi) is 6.25. The molecule has 0 aliphatic rings. The fourth-order valence-electron chi connectivity index (χ4n) is 3.55. The minimum absolute atomic E-state index is 0.0487. The average molecular weight is 479 g/mol. The number of urea groups is 1. The van der Waals surface area contributed by atoms with E-state index in [2.05, 4.69) is 30.8 Å². The van der Waals surface area contributed by atoms with E-state index >= 15 is 0 Å². The number of ether oxygens (including phenoxy) is 1. The maximum atomic E-state index is 14.6. The third-order valence-corrected chi connectivity index (χ3v) is 5.24. The van der Waals surface area contributed by atoms with Crippen molar-refractivity contribution in [3.8, 4) is 23.0 Å². The van der Waals surface area contributed by atoms with Gasteiger partial charge < -0.3 is 15.4 Å². The molecule has 0 saturated carbocycles. The second kappa shape index (κ2) is 9.16. The summed E-state index contributed by atoms with van der Waals surface area (Å²) in [6, 6.07) is 3.89. The lowest BCUT2D eigenvalue weighted by atomic mass is 10.1. The van der Waals surface area contributed by atoms with Gasteiger partial charge in [-0.05, 0) is 52.3 Å². The number of nitrogens with zero attached hydrogens (tertiary/aromatic N) is 6. The number of benzene rings is 1. The molecule has 0 aliphatic carbocycles. The summed E-state index contributed by atoms with van der Waals surface area (Å²) in [4.78, 5) is 21.2. The molecular weight excluding hydrogens is 451 g/mol. The monoisotopic (exact) mass is 478 g/mol. The predicted octanol–water partition coefficient (Wildman–Crippen LogP) is 5.02. The van der Waals surface area contributed by atoms with Gasteiger partial charge in [-0.3, -0.25) is 9.36 Å². The molecular formula is C24H27FN8O2. The third kappa shape index (κ3) is 5.29. The molecule has 0 aliphatic heterocycles. The Morgan fingerprint density at radius 1 is 1.09 bits per heavy atom. The maximum absolute atomic E-state index is 14.6. The van der Waals surface area contributed by atoms with E-state index in [0.29, 0.717) is 22.7 Å². The second-order valence-electron chi connectivity index (χ2n) is 9.13. The Morgan fingerprint density at radius 2 is 1.83 bits per heavy atom. The minimum Gasteiger partial charge on any atom is -0.424 e. The molecule has 10 nitrogen and oxygen atoms in total. The molecule has 0 saturated heterocycles. The summed E-state index contributed by atoms with van der Waals surface area (Å²) < 4.78 is 23.9. The second-order valence-corrected chi connectivity index (χ2v) is 9.13. The summed E-state index contributed by atoms with van der Waals surface area (Å²) in [6.07, 6.45) is 6.63. The topological polar surface area (TPSA) is 112 Å². The first-order valence-electron chi connectivity index (χ1n) is 10.9. The van der Waals surface area contributed by atoms with Crippen molar-refractivity contribution in [3.05, 3.63) is 60.1 Å². The largest absolute Gasteiger partial charge is 0.424 e. The molecule has 4 aromatic rings. The first-order valence-corrected chi connectivity index (χ1v) is 10.9. The van der Waals surface area contributed by atoms with E-state index in [4.69, 9.17) is 4.74 Å². The zero-order valence-corrected chi connectivity index (χ0v) is 20.4. The molecule has 4 rings (SSSR count). The van der Waals surface area contributed by atoms with Gasteiger partial charge in [0.15, 0.2) is 0 Å². The lowest BCUT2D eigenvalue weighted by Gasteiger charge is -2.21. The lowest BCUT2D eigenvalue weighted by Crippen LogP contribution is -2.25. The lowest BCUT2D eigenvalue weighted by molar-refractivity contribution is 0.262. The normalized spacial score (nSPS) is 11.4. The molecule has 0 radical (unpaired) electrons. The van der Waals surface area contributed by atoms with Crippen LogP contribution in [0.1, 0.15) is 32.0 Å². The van der Waals surface area contributed by atoms with Gasteiger partial charge >= 0.3 is 12.0 Å². The molecule has 0 unspecified atom stereocenters. The molecule has 0 spiro atoms. The highest BCUT2D eigenvalue weighted by Gasteiger charge is 2.20. The number of amides is 2. The molecule has 0 fully saturated rings. The highest BCUT2D eigenvalue weighted by atomic mass is 19.1. The smallest absolute Gasteiger partial charge is 0.323 e. The summed E-state index contributed by atoms with van der Waals surface area (Å²) in [6.45, 7) is 9.58. The molecule has 2 N–H and O–H groups in total. The molecule has 182 valence electrons. The van der Waals surface area contributed by atoms with Crippen molar-refractivity contribution in [3.63, 3.8) is 0 Å². The minimum atomic E-state index is -0.606. The number of anilines is 2. The summed E-state index contributed by atoms with van der Waals surface area (Å²) in [5.41, 5.74) is 2.98. The molecule has 0 bridgehead atoms. The van der Waals surface area contributed by atoms with Gasteiger partial charge in [-0.25, -0.2) is 14.2 Å². The number of nitrogens with one attached hydrogen (secondary N) is 2. The van der Waals surface area contributed by atoms with Gasteiger partial charge in [0.2, 0.25) is 0 Å². The fourth-order valence-corrected chi connectivity index (χ4v) is 3.55. The third-order valence-electron chi connectivity index (χ3n) is 5.24. The molecule has 35 heavy (non-hydrogen) atoms. The first kappa shape index (κ1) is 23.9. The van der Waals surface area contributed by atoms with Gasteiger partial charge in [-0.1, -0.05) is 0 Å². The standard InChI is InChI=1S/C24H27FN8O2/c1-14-9-17(25)19(29-22(34)30-20-12-28-33(15(20)2)24(3,4)5)10-21(14)35-23-26-8-7-18(31-23)16-11-27-32(6)13-16/h7-13H,1-6H3,(H2,29,30,34). The van der Waals surface area contributed by atoms with Crippen molar-refractivity contribution in [2.75, 3.05) is 10.6 Å². The van der Waals surface area contributed by atoms with Crippen LogP contribution < -0.4 is 15.4 Å². The van der Waals surface area contributed by atoms with E-state index in [9.17, 15) is 9.18 Å². The summed E-state index contributed by atoms with van der Waals surface area (Å²) >= 11 is 0. The van der Waals surface area contributed by atoms with E-state index in [1.807, 2.05) is 40.9 Å². The summed E-state index contributed by atoms with van der Waals surface area (Å²) in [5.74, 6) is -0.293. The van der Waals surface area contributed by atoms with Crippen LogP contribution in [0.15, 0.2) is 43.0 Å². The van der Waals surface area contributed by atoms with Gasteiger partial charge in [0.05, 0.1) is 40.7 Å². The van der Waals surface area contributed by atoms with Crippen molar-refractivity contribution in [1.82, 2.24) is 29.5 Å². The fraction of sp³-hybridized carbons (Fsp3) is 0.292. The molecule has 3 heterocycles. The van der Waals surface area contributed by atoms with Crippen LogP contribution in [0.2, 0.25) is 0 Å². The number of hydrogen-bond donors (Lipinski definition) is 2. The number of hydrogen-bond acceptors (Lipinski definition) is 6. The highest BCUT2D eigenvalue weighted by molar-refractivity contribution is 6.00. The van der Waals surface area contributed by atoms with Crippen LogP contribution in [0.3, 0.4) is 0 Å². The van der Waals surface area contributed by atoms with E-state index in [0.717, 1.165) is 11.3 Å². The molecule has 3 aromatic heterocycles. The van der Waals surface area contributed by atoms with Crippen LogP contribution >= 0.6 is 0 Å². The van der Waals surface area contributed by atoms with Crippen LogP contribution in [0, 0.1) is 19.7 Å². The number of carbonyl (C=O) groups excluding carboxylic acids is 1. The number of aryl methyl sites for hydroxylation is 2. The van der Waals surface area contributed by atoms with Crippen LogP contribution in [-0.4, -0.2) is 35.6 Å². The van der Waals surface area contributed by atoms with Crippen LogP contribution in [-0.2, 0) is 12.6 Å². The van der Waals surface area contributed by atoms with Crippen LogP contribution in [0.4, 0.5) is 20.6 Å². The van der Waals surface area contributed by atoms with E-state index in [1.165, 1.54) is 12.1 Å². The summed E-state index contributed by atoms with van der Waals surface area (Å²) in [5, 5.41) is 13.7. The van der Waals surface area contributed by atoms with Crippen molar-refractivity contribution >= 4 is 17.4 Å². The number of aromatic nitrogens is 6. The number of halogens is 1. The quantitative estimate of drug-likeness (QED) is 0.417. The van der Waals surface area contributed by atoms with Gasteiger partial charge in [-0.2, -0.15) is 15.2 Å². The first-order chi connectivity index (χ1) is 16.5. The van der Waals surface area contributed by atoms with Gasteiger partial charge in [0.25, 0.3) is 0 Å². The van der Waals surface area contributed by atoms with Crippen molar-refractivity contribution < 1.29 is 13.9 Å². The van der Waals surface area contributed by atoms with E-state index < -0.39 is 11.8 Å². The Hall–Kier alpha value is -4.28. The van der Waals surface area contributed by atoms with Crippen molar-refractivity contribution in [2.24, 2.45) is 7.05 Å². The van der Waals surface area contributed by atoms with E-state index in [1.54, 1.807) is 40.9 Å². The Labute approximate surface area is 202 Å². The van der Waals surface area contributed by atoms with Crippen LogP contribution in [0.25, 0.3) is 11.3 Å². The maximum Gasteiger partial charge on any atom is 0.323 e. The average Bonchev–Trinajstić information content (AvgIpc) is 3.37. The summed E-state index contributed by atoms with van der Waals surface area (Å²) in [7, 11) is 1.81. The zero-order valence-electron chi connectivity index (χ0n) is 20.4. The van der Waals surface area contributed by atoms with Crippen LogP contribution in [0.5, 0.6) is 11.8 Å². The Morgan fingerprint density at radius 3 is 2.49 bits per heavy atom. The van der Waals surface area contributed by atoms with Gasteiger partial charge in [0, 0.05) is 31.1 Å². The number of carbonyl (C=O) groups is 1. The molecule has 2 amide bonds. The highest BCUT2D eigenvalue weighted by Crippen LogP contribution is 2.30. The SMILES string of the molecule is Cc1cc(F)c(NC(=O)Nc2cnn(C(C)(C)C)c2C)cc1Oc1nccc(-c2cnn(C)c2)n1. The zero-order chi connectivity index (χ0) is 25.3. The number of rotatable bonds is 5.